The van der Waals surface area contributed by atoms with Crippen LogP contribution in [-0.4, -0.2) is 28.5 Å². The molecule has 7 heteroatoms. The number of H-pyrrole nitrogens is 1. The fourth-order valence-electron chi connectivity index (χ4n) is 8.99. The van der Waals surface area contributed by atoms with Crippen LogP contribution in [0, 0.1) is 0 Å². The van der Waals surface area contributed by atoms with Gasteiger partial charge in [0, 0.05) is 28.4 Å². The predicted octanol–water partition coefficient (Wildman–Crippen LogP) is 14.2. The molecule has 0 aliphatic heterocycles. The molecule has 0 fully saturated rings. The Morgan fingerprint density at radius 2 is 0.889 bits per heavy atom. The first kappa shape index (κ1) is 36.2. The van der Waals surface area contributed by atoms with E-state index in [-0.39, 0.29) is 0 Å². The first-order valence-electron chi connectivity index (χ1n) is 21.2. The van der Waals surface area contributed by atoms with E-state index in [0.717, 1.165) is 89.5 Å². The molecule has 0 aliphatic carbocycles. The number of aromatic nitrogens is 6. The third-order valence-electron chi connectivity index (χ3n) is 11.9. The first-order chi connectivity index (χ1) is 31.2. The number of anilines is 3. The average molecular weight is 810 g/mol. The summed E-state index contributed by atoms with van der Waals surface area (Å²) in [5.41, 5.74) is 18.0. The quantitative estimate of drug-likeness (QED) is 0.174. The van der Waals surface area contributed by atoms with Crippen molar-refractivity contribution in [3.05, 3.63) is 231 Å². The Bertz CT molecular complexity index is 3660. The summed E-state index contributed by atoms with van der Waals surface area (Å²) in [4.78, 5) is 15.8. The van der Waals surface area contributed by atoms with Crippen molar-refractivity contribution in [2.24, 2.45) is 0 Å². The molecule has 0 amide bonds. The topological polar surface area (TPSA) is 59.1 Å². The van der Waals surface area contributed by atoms with Crippen LogP contribution >= 0.6 is 0 Å². The molecule has 0 saturated heterocycles. The number of aromatic amines is 1. The van der Waals surface area contributed by atoms with Crippen LogP contribution in [0.25, 0.3) is 83.5 Å². The van der Waals surface area contributed by atoms with Crippen LogP contribution < -0.4 is 4.90 Å². The highest BCUT2D eigenvalue weighted by molar-refractivity contribution is 5.95. The zero-order valence-corrected chi connectivity index (χ0v) is 34.1. The van der Waals surface area contributed by atoms with E-state index in [9.17, 15) is 0 Å². The minimum Gasteiger partial charge on any atom is -0.345 e. The number of hydrogen-bond acceptors (Lipinski definition) is 3. The molecule has 0 aliphatic rings. The normalized spacial score (nSPS) is 11.5. The predicted molar refractivity (Wildman–Crippen MR) is 259 cm³/mol. The summed E-state index contributed by atoms with van der Waals surface area (Å²) in [6.07, 6.45) is 1.79. The zero-order chi connectivity index (χ0) is 41.7. The van der Waals surface area contributed by atoms with Crippen molar-refractivity contribution < 1.29 is 0 Å². The lowest BCUT2D eigenvalue weighted by Gasteiger charge is -2.26. The third kappa shape index (κ3) is 6.30. The van der Waals surface area contributed by atoms with Crippen LogP contribution in [0.1, 0.15) is 0 Å². The van der Waals surface area contributed by atoms with Gasteiger partial charge in [0.05, 0.1) is 50.5 Å². The Hall–Kier alpha value is -8.68. The monoisotopic (exact) mass is 809 g/mol. The van der Waals surface area contributed by atoms with Crippen LogP contribution in [0.5, 0.6) is 0 Å². The van der Waals surface area contributed by atoms with Crippen molar-refractivity contribution in [1.29, 1.82) is 0 Å². The molecule has 0 radical (unpaired) electrons. The molecule has 12 rings (SSSR count). The van der Waals surface area contributed by atoms with Gasteiger partial charge < -0.3 is 14.5 Å². The van der Waals surface area contributed by atoms with Crippen molar-refractivity contribution in [2.75, 3.05) is 4.90 Å². The molecule has 3 heterocycles. The van der Waals surface area contributed by atoms with Gasteiger partial charge in [-0.3, -0.25) is 8.97 Å². The van der Waals surface area contributed by atoms with Gasteiger partial charge in [0.1, 0.15) is 0 Å². The number of rotatable bonds is 7. The first-order valence-corrected chi connectivity index (χ1v) is 21.2. The molecule has 298 valence electrons. The summed E-state index contributed by atoms with van der Waals surface area (Å²) >= 11 is 0. The molecule has 3 aromatic heterocycles. The molecule has 0 atom stereocenters. The molecular weight excluding hydrogens is 771 g/mol. The lowest BCUT2D eigenvalue weighted by atomic mass is 10.0. The minimum absolute atomic E-state index is 0.880. The molecule has 0 bridgehead atoms. The average Bonchev–Trinajstić information content (AvgIpc) is 3.88. The lowest BCUT2D eigenvalue weighted by molar-refractivity contribution is 1.11. The Morgan fingerprint density at radius 3 is 1.59 bits per heavy atom. The van der Waals surface area contributed by atoms with Crippen molar-refractivity contribution >= 4 is 67.0 Å². The molecular formula is C56H39N7. The molecule has 1 N–H and O–H groups in total. The fraction of sp³-hybridized carbons (Fsp3) is 0. The van der Waals surface area contributed by atoms with Gasteiger partial charge in [-0.15, -0.1) is 0 Å². The van der Waals surface area contributed by atoms with Crippen LogP contribution in [-0.2, 0) is 0 Å². The van der Waals surface area contributed by atoms with Gasteiger partial charge in [-0.2, -0.15) is 0 Å². The Kier molecular flexibility index (Phi) is 8.67. The number of hydrogen-bond donors (Lipinski definition) is 1. The van der Waals surface area contributed by atoms with E-state index < -0.39 is 0 Å². The summed E-state index contributed by atoms with van der Waals surface area (Å²) < 4.78 is 6.82. The highest BCUT2D eigenvalue weighted by atomic mass is 15.2. The maximum Gasteiger partial charge on any atom is 0.220 e. The van der Waals surface area contributed by atoms with E-state index in [1.165, 1.54) is 11.1 Å². The van der Waals surface area contributed by atoms with E-state index >= 15 is 0 Å². The van der Waals surface area contributed by atoms with Gasteiger partial charge in [-0.1, -0.05) is 121 Å². The van der Waals surface area contributed by atoms with Crippen LogP contribution in [0.4, 0.5) is 17.1 Å². The van der Waals surface area contributed by atoms with Crippen molar-refractivity contribution in [1.82, 2.24) is 28.5 Å². The second-order valence-electron chi connectivity index (χ2n) is 15.7. The van der Waals surface area contributed by atoms with Gasteiger partial charge >= 0.3 is 0 Å². The molecule has 0 spiro atoms. The Morgan fingerprint density at radius 1 is 0.365 bits per heavy atom. The number of para-hydroxylation sites is 6. The number of fused-ring (bicyclic) bond motifs is 7. The van der Waals surface area contributed by atoms with Gasteiger partial charge in [0.15, 0.2) is 0 Å². The molecule has 63 heavy (non-hydrogen) atoms. The molecule has 12 aromatic rings. The van der Waals surface area contributed by atoms with E-state index in [4.69, 9.17) is 9.97 Å². The standard InChI is InChI=1S/C56H39N7/c1-4-14-39(15-5-1)40-24-29-45(30-25-40)60(47-33-35-54-55(37-47)63-52-23-13-11-21-49(52)59-56(63)62(54)44-18-8-3-9-19-44)46-31-26-41(27-32-46)42-28-34-53-50(36-42)58-38-57-48-20-10-12-22-51(48)61(53)43-16-6-2-7-17-43/h1-38H,(H,57,58). The van der Waals surface area contributed by atoms with Gasteiger partial charge in [0.2, 0.25) is 5.78 Å². The van der Waals surface area contributed by atoms with Gasteiger partial charge in [-0.25, -0.2) is 9.97 Å². The van der Waals surface area contributed by atoms with E-state index in [1.807, 2.05) is 18.2 Å². The largest absolute Gasteiger partial charge is 0.345 e. The maximum absolute atomic E-state index is 5.16. The van der Waals surface area contributed by atoms with Crippen LogP contribution in [0.15, 0.2) is 231 Å². The van der Waals surface area contributed by atoms with Crippen molar-refractivity contribution in [3.8, 4) is 33.6 Å². The van der Waals surface area contributed by atoms with Crippen molar-refractivity contribution in [2.45, 2.75) is 0 Å². The minimum atomic E-state index is 0.880. The molecule has 9 aromatic carbocycles. The number of nitrogens with zero attached hydrogens (tertiary/aromatic N) is 6. The van der Waals surface area contributed by atoms with E-state index in [0.29, 0.717) is 0 Å². The summed E-state index contributed by atoms with van der Waals surface area (Å²) in [5, 5.41) is 0. The second-order valence-corrected chi connectivity index (χ2v) is 15.7. The summed E-state index contributed by atoms with van der Waals surface area (Å²) in [7, 11) is 0. The zero-order valence-electron chi connectivity index (χ0n) is 34.1. The molecule has 0 saturated carbocycles. The highest BCUT2D eigenvalue weighted by Gasteiger charge is 2.20. The maximum atomic E-state index is 5.16. The van der Waals surface area contributed by atoms with Crippen molar-refractivity contribution in [3.63, 3.8) is 0 Å². The van der Waals surface area contributed by atoms with E-state index in [1.54, 1.807) is 6.33 Å². The van der Waals surface area contributed by atoms with Gasteiger partial charge in [0.25, 0.3) is 0 Å². The summed E-state index contributed by atoms with van der Waals surface area (Å²) in [6.45, 7) is 0. The third-order valence-corrected chi connectivity index (χ3v) is 11.9. The molecule has 7 nitrogen and oxygen atoms in total. The summed E-state index contributed by atoms with van der Waals surface area (Å²) in [5.74, 6) is 0.880. The van der Waals surface area contributed by atoms with Crippen LogP contribution in [0.2, 0.25) is 0 Å². The SMILES string of the molecule is c1ccc(-c2ccc(N(c3ccc(-c4ccc5c(c4)[nH]cnc4ccccc4n5-c4ccccc4)cc3)c3ccc4c(c3)n3c5ccccc5nc3n4-c3ccccc3)cc2)cc1. The Balaban J connectivity index is 1.00. The summed E-state index contributed by atoms with van der Waals surface area (Å²) in [6, 6.07) is 79.2. The van der Waals surface area contributed by atoms with E-state index in [2.05, 4.69) is 230 Å². The highest BCUT2D eigenvalue weighted by Crippen LogP contribution is 2.40. The number of imidazole rings is 2. The lowest BCUT2D eigenvalue weighted by Crippen LogP contribution is -2.10. The second kappa shape index (κ2) is 15.1. The van der Waals surface area contributed by atoms with Crippen LogP contribution in [0.3, 0.4) is 0 Å². The number of nitrogens with one attached hydrogen (secondary N) is 1. The Labute approximate surface area is 363 Å². The number of benzene rings is 9. The fourth-order valence-corrected chi connectivity index (χ4v) is 8.99. The van der Waals surface area contributed by atoms with Gasteiger partial charge in [-0.05, 0) is 125 Å². The smallest absolute Gasteiger partial charge is 0.220 e. The molecule has 0 unspecified atom stereocenters.